The van der Waals surface area contributed by atoms with Crippen LogP contribution < -0.4 is 5.32 Å². The lowest BCUT2D eigenvalue weighted by molar-refractivity contribution is 0.262. The van der Waals surface area contributed by atoms with E-state index in [0.29, 0.717) is 0 Å². The Hall–Kier alpha value is -0.930. The van der Waals surface area contributed by atoms with Crippen molar-refractivity contribution in [2.45, 2.75) is 38.8 Å². The summed E-state index contributed by atoms with van der Waals surface area (Å²) in [6.45, 7) is 4.32. The maximum absolute atomic E-state index is 12.8. The van der Waals surface area contributed by atoms with E-state index in [1.807, 2.05) is 19.1 Å². The Bertz CT molecular complexity index is 299. The molecule has 1 aromatic carbocycles. The molecule has 0 aliphatic carbocycles. The highest BCUT2D eigenvalue weighted by atomic mass is 19.1. The average molecular weight is 225 g/mol. The first-order valence-electron chi connectivity index (χ1n) is 5.79. The summed E-state index contributed by atoms with van der Waals surface area (Å²) in [4.78, 5) is 0. The van der Waals surface area contributed by atoms with E-state index in [0.717, 1.165) is 18.4 Å². The van der Waals surface area contributed by atoms with Gasteiger partial charge < -0.3 is 10.4 Å². The smallest absolute Gasteiger partial charge is 0.123 e. The lowest BCUT2D eigenvalue weighted by atomic mass is 10.0. The number of hydrogen-bond acceptors (Lipinski definition) is 2. The van der Waals surface area contributed by atoms with Gasteiger partial charge in [0.2, 0.25) is 0 Å². The van der Waals surface area contributed by atoms with Gasteiger partial charge in [-0.1, -0.05) is 19.1 Å². The van der Waals surface area contributed by atoms with Gasteiger partial charge in [-0.3, -0.25) is 0 Å². The van der Waals surface area contributed by atoms with Crippen molar-refractivity contribution in [2.75, 3.05) is 6.61 Å². The minimum atomic E-state index is -0.206. The second-order valence-corrected chi connectivity index (χ2v) is 4.09. The molecule has 0 bridgehead atoms. The number of halogens is 1. The number of hydrogen-bond donors (Lipinski definition) is 2. The van der Waals surface area contributed by atoms with Crippen molar-refractivity contribution in [3.63, 3.8) is 0 Å². The summed E-state index contributed by atoms with van der Waals surface area (Å²) in [7, 11) is 0. The van der Waals surface area contributed by atoms with E-state index in [1.165, 1.54) is 12.1 Å². The third-order valence-corrected chi connectivity index (χ3v) is 2.73. The van der Waals surface area contributed by atoms with Gasteiger partial charge >= 0.3 is 0 Å². The quantitative estimate of drug-likeness (QED) is 0.780. The molecule has 1 rings (SSSR count). The highest BCUT2D eigenvalue weighted by molar-refractivity contribution is 5.19. The van der Waals surface area contributed by atoms with Crippen molar-refractivity contribution < 1.29 is 9.50 Å². The molecule has 0 radical (unpaired) electrons. The fourth-order valence-electron chi connectivity index (χ4n) is 1.77. The van der Waals surface area contributed by atoms with Crippen LogP contribution in [0.3, 0.4) is 0 Å². The minimum Gasteiger partial charge on any atom is -0.396 e. The van der Waals surface area contributed by atoms with Crippen LogP contribution in [0.4, 0.5) is 4.39 Å². The normalized spacial score (nSPS) is 14.8. The lowest BCUT2D eigenvalue weighted by Crippen LogP contribution is -2.30. The van der Waals surface area contributed by atoms with Crippen LogP contribution in [0.1, 0.15) is 38.3 Å². The molecule has 0 saturated heterocycles. The van der Waals surface area contributed by atoms with Crippen molar-refractivity contribution in [3.05, 3.63) is 35.6 Å². The highest BCUT2D eigenvalue weighted by Crippen LogP contribution is 2.18. The second kappa shape index (κ2) is 6.61. The third-order valence-electron chi connectivity index (χ3n) is 2.73. The maximum atomic E-state index is 12.8. The number of nitrogens with one attached hydrogen (secondary N) is 1. The van der Waals surface area contributed by atoms with Gasteiger partial charge in [-0.2, -0.15) is 0 Å². The number of benzene rings is 1. The summed E-state index contributed by atoms with van der Waals surface area (Å²) in [5.41, 5.74) is 1.09. The van der Waals surface area contributed by atoms with Gasteiger partial charge in [0, 0.05) is 18.7 Å². The zero-order valence-electron chi connectivity index (χ0n) is 9.91. The van der Waals surface area contributed by atoms with Crippen molar-refractivity contribution in [1.29, 1.82) is 0 Å². The van der Waals surface area contributed by atoms with Crippen LogP contribution in [-0.4, -0.2) is 17.8 Å². The summed E-state index contributed by atoms with van der Waals surface area (Å²) in [5, 5.41) is 12.3. The third kappa shape index (κ3) is 3.91. The van der Waals surface area contributed by atoms with Gasteiger partial charge in [-0.05, 0) is 37.5 Å². The van der Waals surface area contributed by atoms with Gasteiger partial charge in [0.15, 0.2) is 0 Å². The monoisotopic (exact) mass is 225 g/mol. The molecule has 0 aliphatic heterocycles. The molecule has 2 nitrogen and oxygen atoms in total. The molecule has 2 unspecified atom stereocenters. The van der Waals surface area contributed by atoms with E-state index in [-0.39, 0.29) is 24.5 Å². The standard InChI is InChI=1S/C13H20FNO/c1-3-13(15-10(2)8-9-16)11-4-6-12(14)7-5-11/h4-7,10,13,15-16H,3,8-9H2,1-2H3. The summed E-state index contributed by atoms with van der Waals surface area (Å²) in [6.07, 6.45) is 1.68. The largest absolute Gasteiger partial charge is 0.396 e. The topological polar surface area (TPSA) is 32.3 Å². The number of aliphatic hydroxyl groups is 1. The molecular formula is C13H20FNO. The minimum absolute atomic E-state index is 0.189. The molecule has 0 aromatic heterocycles. The zero-order valence-corrected chi connectivity index (χ0v) is 9.91. The number of aliphatic hydroxyl groups excluding tert-OH is 1. The van der Waals surface area contributed by atoms with E-state index in [2.05, 4.69) is 12.2 Å². The van der Waals surface area contributed by atoms with Gasteiger partial charge in [-0.15, -0.1) is 0 Å². The van der Waals surface area contributed by atoms with Crippen molar-refractivity contribution >= 4 is 0 Å². The fraction of sp³-hybridized carbons (Fsp3) is 0.538. The summed E-state index contributed by atoms with van der Waals surface area (Å²) < 4.78 is 12.8. The molecule has 2 atom stereocenters. The Labute approximate surface area is 96.5 Å². The van der Waals surface area contributed by atoms with Gasteiger partial charge in [0.1, 0.15) is 5.82 Å². The molecule has 0 spiro atoms. The predicted molar refractivity (Wildman–Crippen MR) is 63.7 cm³/mol. The highest BCUT2D eigenvalue weighted by Gasteiger charge is 2.11. The van der Waals surface area contributed by atoms with Crippen LogP contribution in [-0.2, 0) is 0 Å². The van der Waals surface area contributed by atoms with E-state index in [9.17, 15) is 4.39 Å². The van der Waals surface area contributed by atoms with Gasteiger partial charge in [0.25, 0.3) is 0 Å². The Kier molecular flexibility index (Phi) is 5.43. The molecule has 0 saturated carbocycles. The maximum Gasteiger partial charge on any atom is 0.123 e. The van der Waals surface area contributed by atoms with Gasteiger partial charge in [-0.25, -0.2) is 4.39 Å². The van der Waals surface area contributed by atoms with Crippen LogP contribution in [0, 0.1) is 5.82 Å². The zero-order chi connectivity index (χ0) is 12.0. The Morgan fingerprint density at radius 1 is 1.31 bits per heavy atom. The van der Waals surface area contributed by atoms with Crippen LogP contribution in [0.2, 0.25) is 0 Å². The molecule has 90 valence electrons. The Balaban J connectivity index is 2.63. The predicted octanol–water partition coefficient (Wildman–Crippen LogP) is 2.64. The molecule has 16 heavy (non-hydrogen) atoms. The molecule has 0 aliphatic rings. The first-order valence-corrected chi connectivity index (χ1v) is 5.79. The molecule has 0 amide bonds. The summed E-state index contributed by atoms with van der Waals surface area (Å²) in [6, 6.07) is 7.07. The molecule has 0 heterocycles. The molecular weight excluding hydrogens is 205 g/mol. The first-order chi connectivity index (χ1) is 7.67. The molecule has 3 heteroatoms. The Morgan fingerprint density at radius 2 is 1.94 bits per heavy atom. The fourth-order valence-corrected chi connectivity index (χ4v) is 1.77. The van der Waals surface area contributed by atoms with Crippen molar-refractivity contribution in [2.24, 2.45) is 0 Å². The summed E-state index contributed by atoms with van der Waals surface area (Å²) in [5.74, 6) is -0.206. The second-order valence-electron chi connectivity index (χ2n) is 4.09. The lowest BCUT2D eigenvalue weighted by Gasteiger charge is -2.22. The molecule has 2 N–H and O–H groups in total. The SMILES string of the molecule is CCC(NC(C)CCO)c1ccc(F)cc1. The average Bonchev–Trinajstić information content (AvgIpc) is 2.27. The van der Waals surface area contributed by atoms with Crippen LogP contribution in [0.25, 0.3) is 0 Å². The van der Waals surface area contributed by atoms with E-state index >= 15 is 0 Å². The number of rotatable bonds is 6. The van der Waals surface area contributed by atoms with E-state index in [1.54, 1.807) is 0 Å². The van der Waals surface area contributed by atoms with Gasteiger partial charge in [0.05, 0.1) is 0 Å². The summed E-state index contributed by atoms with van der Waals surface area (Å²) >= 11 is 0. The Morgan fingerprint density at radius 3 is 2.44 bits per heavy atom. The molecule has 0 fully saturated rings. The molecule has 1 aromatic rings. The van der Waals surface area contributed by atoms with Crippen LogP contribution >= 0.6 is 0 Å². The van der Waals surface area contributed by atoms with E-state index < -0.39 is 0 Å². The first kappa shape index (κ1) is 13.1. The van der Waals surface area contributed by atoms with Crippen LogP contribution in [0.5, 0.6) is 0 Å². The van der Waals surface area contributed by atoms with E-state index in [4.69, 9.17) is 5.11 Å². The van der Waals surface area contributed by atoms with Crippen molar-refractivity contribution in [3.8, 4) is 0 Å². The van der Waals surface area contributed by atoms with Crippen LogP contribution in [0.15, 0.2) is 24.3 Å². The van der Waals surface area contributed by atoms with Crippen molar-refractivity contribution in [1.82, 2.24) is 5.32 Å².